The highest BCUT2D eigenvalue weighted by atomic mass is 16.5. The Morgan fingerprint density at radius 3 is 2.80 bits per heavy atom. The lowest BCUT2D eigenvalue weighted by atomic mass is 10.1. The van der Waals surface area contributed by atoms with Gasteiger partial charge in [0.2, 0.25) is 0 Å². The van der Waals surface area contributed by atoms with Crippen molar-refractivity contribution in [2.45, 2.75) is 45.1 Å². The van der Waals surface area contributed by atoms with E-state index < -0.39 is 0 Å². The van der Waals surface area contributed by atoms with E-state index in [0.29, 0.717) is 12.6 Å². The zero-order valence-corrected chi connectivity index (χ0v) is 9.55. The summed E-state index contributed by atoms with van der Waals surface area (Å²) in [4.78, 5) is 11.2. The van der Waals surface area contributed by atoms with E-state index in [4.69, 9.17) is 4.74 Å². The van der Waals surface area contributed by atoms with E-state index in [1.165, 1.54) is 12.8 Å². The zero-order chi connectivity index (χ0) is 10.9. The van der Waals surface area contributed by atoms with E-state index >= 15 is 0 Å². The minimum absolute atomic E-state index is 0.0624. The first kappa shape index (κ1) is 12.3. The number of rotatable bonds is 5. The fourth-order valence-electron chi connectivity index (χ4n) is 1.68. The van der Waals surface area contributed by atoms with E-state index in [2.05, 4.69) is 10.6 Å². The van der Waals surface area contributed by atoms with Crippen LogP contribution in [0.25, 0.3) is 0 Å². The van der Waals surface area contributed by atoms with Gasteiger partial charge in [0.25, 0.3) is 0 Å². The van der Waals surface area contributed by atoms with E-state index in [1.54, 1.807) is 0 Å². The molecule has 0 aromatic heterocycles. The zero-order valence-electron chi connectivity index (χ0n) is 9.55. The van der Waals surface area contributed by atoms with Crippen LogP contribution in [0.15, 0.2) is 0 Å². The van der Waals surface area contributed by atoms with Crippen molar-refractivity contribution in [3.63, 3.8) is 0 Å². The maximum absolute atomic E-state index is 11.2. The predicted octanol–water partition coefficient (Wildman–Crippen LogP) is 1.65. The van der Waals surface area contributed by atoms with Gasteiger partial charge in [0, 0.05) is 19.7 Å². The molecule has 2 N–H and O–H groups in total. The molecule has 0 aliphatic carbocycles. The lowest BCUT2D eigenvalue weighted by Crippen LogP contribution is -2.37. The molecule has 1 fully saturated rings. The van der Waals surface area contributed by atoms with Crippen molar-refractivity contribution in [3.8, 4) is 0 Å². The van der Waals surface area contributed by atoms with Crippen LogP contribution in [0.3, 0.4) is 0 Å². The van der Waals surface area contributed by atoms with Crippen LogP contribution in [-0.4, -0.2) is 31.8 Å². The van der Waals surface area contributed by atoms with Crippen LogP contribution in [-0.2, 0) is 4.74 Å². The molecule has 4 heteroatoms. The molecule has 0 bridgehead atoms. The molecule has 4 nitrogen and oxygen atoms in total. The summed E-state index contributed by atoms with van der Waals surface area (Å²) in [6, 6.07) is -0.0624. The summed E-state index contributed by atoms with van der Waals surface area (Å²) < 4.78 is 5.57. The van der Waals surface area contributed by atoms with Gasteiger partial charge >= 0.3 is 6.03 Å². The van der Waals surface area contributed by atoms with Gasteiger partial charge in [-0.05, 0) is 32.1 Å². The lowest BCUT2D eigenvalue weighted by molar-refractivity contribution is 0.0120. The SMILES string of the molecule is CCCNC(=O)NCCC1CCCCO1. The van der Waals surface area contributed by atoms with Crippen molar-refractivity contribution in [1.82, 2.24) is 10.6 Å². The molecule has 1 heterocycles. The molecule has 0 spiro atoms. The molecule has 0 saturated carbocycles. The van der Waals surface area contributed by atoms with Crippen molar-refractivity contribution >= 4 is 6.03 Å². The first-order valence-electron chi connectivity index (χ1n) is 5.96. The van der Waals surface area contributed by atoms with E-state index in [-0.39, 0.29) is 6.03 Å². The highest BCUT2D eigenvalue weighted by Gasteiger charge is 2.13. The van der Waals surface area contributed by atoms with Gasteiger partial charge < -0.3 is 15.4 Å². The van der Waals surface area contributed by atoms with Gasteiger partial charge in [-0.1, -0.05) is 6.92 Å². The fourth-order valence-corrected chi connectivity index (χ4v) is 1.68. The molecule has 1 unspecified atom stereocenters. The first-order chi connectivity index (χ1) is 7.33. The third-order valence-corrected chi connectivity index (χ3v) is 2.56. The Bertz CT molecular complexity index is 179. The largest absolute Gasteiger partial charge is 0.378 e. The van der Waals surface area contributed by atoms with Crippen LogP contribution < -0.4 is 10.6 Å². The number of hydrogen-bond acceptors (Lipinski definition) is 2. The van der Waals surface area contributed by atoms with Crippen molar-refractivity contribution in [3.05, 3.63) is 0 Å². The van der Waals surface area contributed by atoms with Crippen molar-refractivity contribution in [2.24, 2.45) is 0 Å². The highest BCUT2D eigenvalue weighted by molar-refractivity contribution is 5.73. The number of hydrogen-bond donors (Lipinski definition) is 2. The lowest BCUT2D eigenvalue weighted by Gasteiger charge is -2.22. The number of urea groups is 1. The molecule has 1 aliphatic rings. The molecule has 1 saturated heterocycles. The van der Waals surface area contributed by atoms with Gasteiger partial charge in [-0.15, -0.1) is 0 Å². The number of nitrogens with one attached hydrogen (secondary N) is 2. The summed E-state index contributed by atoms with van der Waals surface area (Å²) in [5.74, 6) is 0. The highest BCUT2D eigenvalue weighted by Crippen LogP contribution is 2.14. The first-order valence-corrected chi connectivity index (χ1v) is 5.96. The Labute approximate surface area is 91.8 Å². The van der Waals surface area contributed by atoms with E-state index in [0.717, 1.165) is 32.4 Å². The average molecular weight is 214 g/mol. The molecule has 1 atom stereocenters. The summed E-state index contributed by atoms with van der Waals surface area (Å²) in [7, 11) is 0. The van der Waals surface area contributed by atoms with Gasteiger partial charge in [-0.25, -0.2) is 4.79 Å². The monoisotopic (exact) mass is 214 g/mol. The third kappa shape index (κ3) is 5.62. The second-order valence-electron chi connectivity index (χ2n) is 3.96. The second kappa shape index (κ2) is 7.51. The minimum atomic E-state index is -0.0624. The van der Waals surface area contributed by atoms with Crippen LogP contribution in [0.5, 0.6) is 0 Å². The van der Waals surface area contributed by atoms with Gasteiger partial charge in [0.05, 0.1) is 6.10 Å². The molecule has 88 valence electrons. The van der Waals surface area contributed by atoms with Crippen molar-refractivity contribution < 1.29 is 9.53 Å². The Hall–Kier alpha value is -0.770. The number of ether oxygens (including phenoxy) is 1. The molecular weight excluding hydrogens is 192 g/mol. The molecule has 0 radical (unpaired) electrons. The van der Waals surface area contributed by atoms with E-state index in [9.17, 15) is 4.79 Å². The Balaban J connectivity index is 1.97. The van der Waals surface area contributed by atoms with Crippen LogP contribution in [0, 0.1) is 0 Å². The van der Waals surface area contributed by atoms with E-state index in [1.807, 2.05) is 6.92 Å². The summed E-state index contributed by atoms with van der Waals surface area (Å²) in [5.41, 5.74) is 0. The van der Waals surface area contributed by atoms with Gasteiger partial charge in [0.1, 0.15) is 0 Å². The summed E-state index contributed by atoms with van der Waals surface area (Å²) >= 11 is 0. The van der Waals surface area contributed by atoms with Crippen LogP contribution in [0.4, 0.5) is 4.79 Å². The molecule has 0 aromatic carbocycles. The van der Waals surface area contributed by atoms with Crippen molar-refractivity contribution in [2.75, 3.05) is 19.7 Å². The van der Waals surface area contributed by atoms with Crippen molar-refractivity contribution in [1.29, 1.82) is 0 Å². The number of amides is 2. The third-order valence-electron chi connectivity index (χ3n) is 2.56. The predicted molar refractivity (Wildman–Crippen MR) is 59.9 cm³/mol. The minimum Gasteiger partial charge on any atom is -0.378 e. The maximum Gasteiger partial charge on any atom is 0.314 e. The second-order valence-corrected chi connectivity index (χ2v) is 3.96. The number of carbonyl (C=O) groups excluding carboxylic acids is 1. The summed E-state index contributed by atoms with van der Waals surface area (Å²) in [6.07, 6.45) is 5.83. The molecule has 15 heavy (non-hydrogen) atoms. The normalized spacial score (nSPS) is 21.0. The quantitative estimate of drug-likeness (QED) is 0.731. The Morgan fingerprint density at radius 2 is 2.13 bits per heavy atom. The standard InChI is InChI=1S/C11H22N2O2/c1-2-7-12-11(14)13-8-6-10-5-3-4-9-15-10/h10H,2-9H2,1H3,(H2,12,13,14). The van der Waals surface area contributed by atoms with Crippen LogP contribution in [0.2, 0.25) is 0 Å². The van der Waals surface area contributed by atoms with Gasteiger partial charge in [-0.3, -0.25) is 0 Å². The molecule has 1 rings (SSSR count). The van der Waals surface area contributed by atoms with Gasteiger partial charge in [0.15, 0.2) is 0 Å². The van der Waals surface area contributed by atoms with Gasteiger partial charge in [-0.2, -0.15) is 0 Å². The average Bonchev–Trinajstić information content (AvgIpc) is 2.28. The molecular formula is C11H22N2O2. The molecule has 1 aliphatic heterocycles. The molecule has 0 aromatic rings. The van der Waals surface area contributed by atoms with Crippen LogP contribution in [0.1, 0.15) is 39.0 Å². The smallest absolute Gasteiger partial charge is 0.314 e. The summed E-state index contributed by atoms with van der Waals surface area (Å²) in [5, 5.41) is 5.61. The van der Waals surface area contributed by atoms with Crippen LogP contribution >= 0.6 is 0 Å². The Kier molecular flexibility index (Phi) is 6.16. The Morgan fingerprint density at radius 1 is 1.33 bits per heavy atom. The maximum atomic E-state index is 11.2. The topological polar surface area (TPSA) is 50.4 Å². The number of carbonyl (C=O) groups is 1. The summed E-state index contributed by atoms with van der Waals surface area (Å²) in [6.45, 7) is 4.37. The fraction of sp³-hybridized carbons (Fsp3) is 0.909. The molecule has 2 amide bonds.